The van der Waals surface area contributed by atoms with Crippen LogP contribution in [0.25, 0.3) is 0 Å². The van der Waals surface area contributed by atoms with Gasteiger partial charge in [-0.2, -0.15) is 5.26 Å². The normalized spacial score (nSPS) is 26.2. The Balaban J connectivity index is 2.40. The molecule has 0 aromatic carbocycles. The zero-order valence-electron chi connectivity index (χ0n) is 6.15. The van der Waals surface area contributed by atoms with Crippen molar-refractivity contribution in [1.29, 1.82) is 5.26 Å². The molecule has 0 spiro atoms. The molecule has 0 bridgehead atoms. The number of hydrogen-bond donors (Lipinski definition) is 0. The Morgan fingerprint density at radius 3 is 3.18 bits per heavy atom. The van der Waals surface area contributed by atoms with Crippen LogP contribution in [0.1, 0.15) is 0 Å². The van der Waals surface area contributed by atoms with Gasteiger partial charge in [-0.3, -0.25) is 0 Å². The largest absolute Gasteiger partial charge is 0.340 e. The molecular weight excluding hydrogens is 138 g/mol. The molecule has 1 unspecified atom stereocenters. The predicted molar refractivity (Wildman–Crippen MR) is 41.8 cm³/mol. The molecule has 3 heteroatoms. The molecule has 0 aromatic heterocycles. The van der Waals surface area contributed by atoms with E-state index in [1.165, 1.54) is 0 Å². The maximum atomic E-state index is 8.68. The van der Waals surface area contributed by atoms with Gasteiger partial charge in [0.05, 0.1) is 6.07 Å². The number of nitriles is 1. The smallest absolute Gasteiger partial charge is 0.137 e. The Morgan fingerprint density at radius 2 is 2.55 bits per heavy atom. The zero-order valence-corrected chi connectivity index (χ0v) is 6.15. The maximum Gasteiger partial charge on any atom is 0.137 e. The summed E-state index contributed by atoms with van der Waals surface area (Å²) in [5, 5.41) is 8.68. The van der Waals surface area contributed by atoms with Gasteiger partial charge in [0.1, 0.15) is 11.9 Å². The minimum atomic E-state index is -0.131. The highest BCUT2D eigenvalue weighted by Gasteiger charge is 2.27. The van der Waals surface area contributed by atoms with E-state index in [2.05, 4.69) is 11.1 Å². The van der Waals surface area contributed by atoms with Crippen LogP contribution >= 0.6 is 0 Å². The molecule has 2 aliphatic rings. The van der Waals surface area contributed by atoms with E-state index in [4.69, 9.17) is 5.26 Å². The molecule has 1 atom stereocenters. The van der Waals surface area contributed by atoms with Gasteiger partial charge in [0.2, 0.25) is 0 Å². The maximum absolute atomic E-state index is 8.68. The molecule has 0 amide bonds. The second-order valence-corrected chi connectivity index (χ2v) is 2.58. The van der Waals surface area contributed by atoms with Crippen molar-refractivity contribution < 1.29 is 0 Å². The molecule has 2 aliphatic heterocycles. The Kier molecular flexibility index (Phi) is 1.10. The Morgan fingerprint density at radius 1 is 1.73 bits per heavy atom. The lowest BCUT2D eigenvalue weighted by Crippen LogP contribution is -2.28. The number of amidine groups is 1. The molecule has 0 saturated heterocycles. The summed E-state index contributed by atoms with van der Waals surface area (Å²) in [6, 6.07) is 2.05. The van der Waals surface area contributed by atoms with Gasteiger partial charge >= 0.3 is 0 Å². The van der Waals surface area contributed by atoms with E-state index >= 15 is 0 Å². The molecule has 0 fully saturated rings. The number of rotatable bonds is 0. The third-order valence-electron chi connectivity index (χ3n) is 1.93. The van der Waals surface area contributed by atoms with Crippen LogP contribution in [-0.4, -0.2) is 23.8 Å². The first kappa shape index (κ1) is 6.17. The predicted octanol–water partition coefficient (Wildman–Crippen LogP) is 0.676. The van der Waals surface area contributed by atoms with Crippen LogP contribution in [0.5, 0.6) is 0 Å². The van der Waals surface area contributed by atoms with E-state index in [9.17, 15) is 0 Å². The highest BCUT2D eigenvalue weighted by atomic mass is 15.2. The average molecular weight is 145 g/mol. The van der Waals surface area contributed by atoms with Gasteiger partial charge in [-0.25, -0.2) is 4.99 Å². The number of fused-ring (bicyclic) bond motifs is 1. The van der Waals surface area contributed by atoms with Crippen LogP contribution in [0.4, 0.5) is 0 Å². The van der Waals surface area contributed by atoms with Gasteiger partial charge in [-0.1, -0.05) is 0 Å². The topological polar surface area (TPSA) is 39.4 Å². The average Bonchev–Trinajstić information content (AvgIpc) is 2.53. The standard InChI is InChI=1S/C8H7N3/c1-11-7(5-9)4-6-2-3-10-8(6)11/h2-4,7H,1H3. The molecule has 0 radical (unpaired) electrons. The SMILES string of the molecule is CN1C2=NC=CC2=CC1C#N. The van der Waals surface area contributed by atoms with Crippen molar-refractivity contribution in [1.82, 2.24) is 4.90 Å². The minimum absolute atomic E-state index is 0.131. The summed E-state index contributed by atoms with van der Waals surface area (Å²) in [6.07, 6.45) is 5.59. The quantitative estimate of drug-likeness (QED) is 0.502. The fraction of sp³-hybridized carbons (Fsp3) is 0.250. The molecule has 0 saturated carbocycles. The lowest BCUT2D eigenvalue weighted by Gasteiger charge is -2.14. The molecule has 2 rings (SSSR count). The van der Waals surface area contributed by atoms with E-state index in [0.717, 1.165) is 11.4 Å². The lowest BCUT2D eigenvalue weighted by atomic mass is 10.2. The van der Waals surface area contributed by atoms with Gasteiger partial charge in [-0.15, -0.1) is 0 Å². The summed E-state index contributed by atoms with van der Waals surface area (Å²) in [7, 11) is 1.88. The fourth-order valence-corrected chi connectivity index (χ4v) is 1.30. The van der Waals surface area contributed by atoms with Crippen LogP contribution in [0.15, 0.2) is 28.9 Å². The van der Waals surface area contributed by atoms with Crippen LogP contribution in [0.3, 0.4) is 0 Å². The van der Waals surface area contributed by atoms with Gasteiger partial charge in [-0.05, 0) is 12.2 Å². The first-order valence-corrected chi connectivity index (χ1v) is 3.42. The summed E-state index contributed by atoms with van der Waals surface area (Å²) in [4.78, 5) is 5.99. The third kappa shape index (κ3) is 0.695. The van der Waals surface area contributed by atoms with Crippen molar-refractivity contribution in [2.75, 3.05) is 7.05 Å². The van der Waals surface area contributed by atoms with Crippen LogP contribution < -0.4 is 0 Å². The van der Waals surface area contributed by atoms with Gasteiger partial charge in [0, 0.05) is 18.8 Å². The molecule has 0 N–H and O–H groups in total. The summed E-state index contributed by atoms with van der Waals surface area (Å²) in [5.41, 5.74) is 1.07. The summed E-state index contributed by atoms with van der Waals surface area (Å²) < 4.78 is 0. The number of aliphatic imine (C=N–C) groups is 1. The van der Waals surface area contributed by atoms with Crippen LogP contribution in [0.2, 0.25) is 0 Å². The zero-order chi connectivity index (χ0) is 7.84. The van der Waals surface area contributed by atoms with E-state index in [0.29, 0.717) is 0 Å². The number of likely N-dealkylation sites (N-methyl/N-ethyl adjacent to an activating group) is 1. The van der Waals surface area contributed by atoms with Crippen molar-refractivity contribution in [2.45, 2.75) is 6.04 Å². The highest BCUT2D eigenvalue weighted by molar-refractivity contribution is 6.05. The fourth-order valence-electron chi connectivity index (χ4n) is 1.30. The third-order valence-corrected chi connectivity index (χ3v) is 1.93. The Hall–Kier alpha value is -1.56. The van der Waals surface area contributed by atoms with Crippen molar-refractivity contribution in [3.63, 3.8) is 0 Å². The van der Waals surface area contributed by atoms with Gasteiger partial charge < -0.3 is 4.90 Å². The van der Waals surface area contributed by atoms with Crippen molar-refractivity contribution in [3.8, 4) is 6.07 Å². The Labute approximate surface area is 65.0 Å². The molecule has 0 aromatic rings. The minimum Gasteiger partial charge on any atom is -0.340 e. The number of nitrogens with zero attached hydrogens (tertiary/aromatic N) is 3. The van der Waals surface area contributed by atoms with Crippen LogP contribution in [-0.2, 0) is 0 Å². The van der Waals surface area contributed by atoms with Crippen molar-refractivity contribution in [3.05, 3.63) is 23.9 Å². The first-order chi connectivity index (χ1) is 5.33. The lowest BCUT2D eigenvalue weighted by molar-refractivity contribution is 0.512. The van der Waals surface area contributed by atoms with Crippen molar-refractivity contribution in [2.24, 2.45) is 4.99 Å². The van der Waals surface area contributed by atoms with E-state index in [-0.39, 0.29) is 6.04 Å². The van der Waals surface area contributed by atoms with E-state index < -0.39 is 0 Å². The second-order valence-electron chi connectivity index (χ2n) is 2.58. The molecule has 54 valence electrons. The molecule has 3 nitrogen and oxygen atoms in total. The second kappa shape index (κ2) is 1.96. The first-order valence-electron chi connectivity index (χ1n) is 3.42. The molecule has 0 aliphatic carbocycles. The highest BCUT2D eigenvalue weighted by Crippen LogP contribution is 2.21. The summed E-state index contributed by atoms with van der Waals surface area (Å²) >= 11 is 0. The molecule has 11 heavy (non-hydrogen) atoms. The van der Waals surface area contributed by atoms with Gasteiger partial charge in [0.15, 0.2) is 0 Å². The van der Waals surface area contributed by atoms with E-state index in [1.54, 1.807) is 6.20 Å². The summed E-state index contributed by atoms with van der Waals surface area (Å²) in [5.74, 6) is 0.913. The van der Waals surface area contributed by atoms with Crippen LogP contribution in [0, 0.1) is 11.3 Å². The van der Waals surface area contributed by atoms with Crippen molar-refractivity contribution >= 4 is 5.84 Å². The van der Waals surface area contributed by atoms with E-state index in [1.807, 2.05) is 24.1 Å². The summed E-state index contributed by atoms with van der Waals surface area (Å²) in [6.45, 7) is 0. The number of hydrogen-bond acceptors (Lipinski definition) is 3. The van der Waals surface area contributed by atoms with Gasteiger partial charge in [0.25, 0.3) is 0 Å². The monoisotopic (exact) mass is 145 g/mol. The Bertz CT molecular complexity index is 317. The molecular formula is C8H7N3. The molecule has 2 heterocycles.